The van der Waals surface area contributed by atoms with Crippen molar-refractivity contribution < 1.29 is 9.47 Å². The van der Waals surface area contributed by atoms with Gasteiger partial charge in [-0.2, -0.15) is 0 Å². The van der Waals surface area contributed by atoms with Crippen LogP contribution in [0.4, 0.5) is 0 Å². The fourth-order valence-corrected chi connectivity index (χ4v) is 2.24. The molecule has 17 heavy (non-hydrogen) atoms. The maximum absolute atomic E-state index is 5.86. The van der Waals surface area contributed by atoms with Crippen molar-refractivity contribution in [2.75, 3.05) is 20.8 Å². The third-order valence-electron chi connectivity index (χ3n) is 3.27. The van der Waals surface area contributed by atoms with Gasteiger partial charge in [-0.15, -0.1) is 0 Å². The molecular weight excluding hydrogens is 214 g/mol. The van der Waals surface area contributed by atoms with E-state index in [4.69, 9.17) is 15.2 Å². The molecule has 0 saturated heterocycles. The molecule has 2 N–H and O–H groups in total. The highest BCUT2D eigenvalue weighted by molar-refractivity contribution is 5.50. The van der Waals surface area contributed by atoms with E-state index in [1.54, 1.807) is 14.2 Å². The molecule has 96 valence electrons. The molecule has 1 rings (SSSR count). The first-order valence-corrected chi connectivity index (χ1v) is 5.98. The van der Waals surface area contributed by atoms with Crippen LogP contribution < -0.4 is 15.2 Å². The monoisotopic (exact) mass is 237 g/mol. The van der Waals surface area contributed by atoms with Crippen molar-refractivity contribution >= 4 is 0 Å². The second-order valence-corrected chi connectivity index (χ2v) is 4.60. The molecule has 1 aromatic rings. The SMILES string of the molecule is COc1ccc(C(CN)C(C)C)c(OC)c1C. The van der Waals surface area contributed by atoms with Gasteiger partial charge in [0.15, 0.2) is 0 Å². The molecule has 0 fully saturated rings. The molecule has 0 aliphatic heterocycles. The Hall–Kier alpha value is -1.22. The normalized spacial score (nSPS) is 12.6. The van der Waals surface area contributed by atoms with E-state index in [1.165, 1.54) is 5.56 Å². The highest BCUT2D eigenvalue weighted by Gasteiger charge is 2.21. The van der Waals surface area contributed by atoms with E-state index in [0.29, 0.717) is 18.4 Å². The minimum atomic E-state index is 0.314. The Morgan fingerprint density at radius 1 is 1.18 bits per heavy atom. The van der Waals surface area contributed by atoms with Gasteiger partial charge in [0, 0.05) is 11.5 Å². The zero-order valence-corrected chi connectivity index (χ0v) is 11.4. The van der Waals surface area contributed by atoms with Crippen molar-refractivity contribution in [3.05, 3.63) is 23.3 Å². The zero-order chi connectivity index (χ0) is 13.0. The lowest BCUT2D eigenvalue weighted by Gasteiger charge is -2.23. The van der Waals surface area contributed by atoms with Crippen LogP contribution in [-0.4, -0.2) is 20.8 Å². The molecule has 1 atom stereocenters. The molecule has 0 aromatic heterocycles. The molecule has 3 nitrogen and oxygen atoms in total. The fourth-order valence-electron chi connectivity index (χ4n) is 2.24. The largest absolute Gasteiger partial charge is 0.496 e. The number of methoxy groups -OCH3 is 2. The molecule has 0 saturated carbocycles. The van der Waals surface area contributed by atoms with E-state index in [9.17, 15) is 0 Å². The average Bonchev–Trinajstić information content (AvgIpc) is 2.30. The fraction of sp³-hybridized carbons (Fsp3) is 0.571. The minimum absolute atomic E-state index is 0.314. The summed E-state index contributed by atoms with van der Waals surface area (Å²) >= 11 is 0. The van der Waals surface area contributed by atoms with Gasteiger partial charge in [-0.05, 0) is 31.0 Å². The van der Waals surface area contributed by atoms with Crippen LogP contribution in [0.2, 0.25) is 0 Å². The summed E-state index contributed by atoms with van der Waals surface area (Å²) in [5.41, 5.74) is 8.07. The molecule has 1 aromatic carbocycles. The third kappa shape index (κ3) is 2.72. The second-order valence-electron chi connectivity index (χ2n) is 4.60. The van der Waals surface area contributed by atoms with Crippen molar-refractivity contribution in [2.24, 2.45) is 11.7 Å². The van der Waals surface area contributed by atoms with Crippen LogP contribution in [0, 0.1) is 12.8 Å². The summed E-state index contributed by atoms with van der Waals surface area (Å²) in [5.74, 6) is 2.55. The molecule has 0 radical (unpaired) electrons. The molecular formula is C14H23NO2. The highest BCUT2D eigenvalue weighted by atomic mass is 16.5. The minimum Gasteiger partial charge on any atom is -0.496 e. The standard InChI is InChI=1S/C14H23NO2/c1-9(2)12(8-15)11-6-7-13(16-4)10(3)14(11)17-5/h6-7,9,12H,8,15H2,1-5H3. The number of ether oxygens (including phenoxy) is 2. The van der Waals surface area contributed by atoms with Crippen LogP contribution in [0.25, 0.3) is 0 Å². The first kappa shape index (κ1) is 13.8. The molecule has 0 bridgehead atoms. The van der Waals surface area contributed by atoms with Crippen LogP contribution in [0.1, 0.15) is 30.9 Å². The second kappa shape index (κ2) is 5.92. The number of hydrogen-bond donors (Lipinski definition) is 1. The van der Waals surface area contributed by atoms with E-state index >= 15 is 0 Å². The summed E-state index contributed by atoms with van der Waals surface area (Å²) in [6, 6.07) is 4.04. The Labute approximate surface area is 104 Å². The maximum atomic E-state index is 5.86. The van der Waals surface area contributed by atoms with Crippen molar-refractivity contribution in [1.82, 2.24) is 0 Å². The summed E-state index contributed by atoms with van der Waals surface area (Å²) in [7, 11) is 3.36. The average molecular weight is 237 g/mol. The Morgan fingerprint density at radius 3 is 2.24 bits per heavy atom. The van der Waals surface area contributed by atoms with Crippen molar-refractivity contribution in [2.45, 2.75) is 26.7 Å². The summed E-state index contributed by atoms with van der Waals surface area (Å²) in [5, 5.41) is 0. The van der Waals surface area contributed by atoms with Crippen molar-refractivity contribution in [3.63, 3.8) is 0 Å². The first-order valence-electron chi connectivity index (χ1n) is 5.98. The summed E-state index contributed by atoms with van der Waals surface area (Å²) in [6.07, 6.45) is 0. The number of rotatable bonds is 5. The van der Waals surface area contributed by atoms with E-state index in [2.05, 4.69) is 19.9 Å². The van der Waals surface area contributed by atoms with Gasteiger partial charge < -0.3 is 15.2 Å². The molecule has 0 heterocycles. The zero-order valence-electron chi connectivity index (χ0n) is 11.4. The van der Waals surface area contributed by atoms with E-state index in [-0.39, 0.29) is 0 Å². The molecule has 0 aliphatic rings. The lowest BCUT2D eigenvalue weighted by Crippen LogP contribution is -2.19. The van der Waals surface area contributed by atoms with Crippen LogP contribution in [0.15, 0.2) is 12.1 Å². The highest BCUT2D eigenvalue weighted by Crippen LogP contribution is 2.37. The lowest BCUT2D eigenvalue weighted by atomic mass is 9.87. The van der Waals surface area contributed by atoms with Gasteiger partial charge in [0.2, 0.25) is 0 Å². The number of nitrogens with two attached hydrogens (primary N) is 1. The maximum Gasteiger partial charge on any atom is 0.128 e. The summed E-state index contributed by atoms with van der Waals surface area (Å²) < 4.78 is 10.8. The number of hydrogen-bond acceptors (Lipinski definition) is 3. The van der Waals surface area contributed by atoms with Gasteiger partial charge in [-0.25, -0.2) is 0 Å². The van der Waals surface area contributed by atoms with E-state index in [1.807, 2.05) is 13.0 Å². The molecule has 1 unspecified atom stereocenters. The summed E-state index contributed by atoms with van der Waals surface area (Å²) in [6.45, 7) is 6.99. The predicted molar refractivity (Wildman–Crippen MR) is 70.9 cm³/mol. The van der Waals surface area contributed by atoms with Gasteiger partial charge in [0.1, 0.15) is 11.5 Å². The molecule has 0 amide bonds. The topological polar surface area (TPSA) is 44.5 Å². The van der Waals surface area contributed by atoms with Gasteiger partial charge >= 0.3 is 0 Å². The lowest BCUT2D eigenvalue weighted by molar-refractivity contribution is 0.377. The molecule has 0 aliphatic carbocycles. The van der Waals surface area contributed by atoms with E-state index < -0.39 is 0 Å². The van der Waals surface area contributed by atoms with Gasteiger partial charge in [-0.1, -0.05) is 19.9 Å². The Kier molecular flexibility index (Phi) is 4.82. The van der Waals surface area contributed by atoms with Gasteiger partial charge in [0.05, 0.1) is 14.2 Å². The Balaban J connectivity index is 3.29. The number of benzene rings is 1. The molecule has 3 heteroatoms. The van der Waals surface area contributed by atoms with Crippen LogP contribution >= 0.6 is 0 Å². The summed E-state index contributed by atoms with van der Waals surface area (Å²) in [4.78, 5) is 0. The van der Waals surface area contributed by atoms with Crippen molar-refractivity contribution in [3.8, 4) is 11.5 Å². The Morgan fingerprint density at radius 2 is 1.82 bits per heavy atom. The van der Waals surface area contributed by atoms with Crippen LogP contribution in [0.5, 0.6) is 11.5 Å². The first-order chi connectivity index (χ1) is 8.06. The van der Waals surface area contributed by atoms with Crippen molar-refractivity contribution in [1.29, 1.82) is 0 Å². The third-order valence-corrected chi connectivity index (χ3v) is 3.27. The molecule has 0 spiro atoms. The van der Waals surface area contributed by atoms with Crippen LogP contribution in [-0.2, 0) is 0 Å². The van der Waals surface area contributed by atoms with Crippen LogP contribution in [0.3, 0.4) is 0 Å². The smallest absolute Gasteiger partial charge is 0.128 e. The Bertz CT molecular complexity index is 375. The van der Waals surface area contributed by atoms with E-state index in [0.717, 1.165) is 17.1 Å². The van der Waals surface area contributed by atoms with Gasteiger partial charge in [0.25, 0.3) is 0 Å². The quantitative estimate of drug-likeness (QED) is 0.856. The van der Waals surface area contributed by atoms with Gasteiger partial charge in [-0.3, -0.25) is 0 Å². The predicted octanol–water partition coefficient (Wildman–Crippen LogP) is 2.71.